The van der Waals surface area contributed by atoms with Crippen LogP contribution in [0.4, 0.5) is 0 Å². The SMILES string of the molecule is NCCCC[C@@H](NC(=O)[C@@H](CCC(=O)O)NC(=O)[C@@H](CCCCN)NC(=O)[C@H](N)Cc1ccc(O)cc1)C(N)=O. The molecule has 0 aliphatic carbocycles. The summed E-state index contributed by atoms with van der Waals surface area (Å²) < 4.78 is 0. The zero-order valence-electron chi connectivity index (χ0n) is 22.6. The number of hydrogen-bond acceptors (Lipinski definition) is 9. The lowest BCUT2D eigenvalue weighted by molar-refractivity contribution is -0.138. The van der Waals surface area contributed by atoms with Crippen molar-refractivity contribution in [1.82, 2.24) is 16.0 Å². The molecule has 0 aliphatic heterocycles. The molecular formula is C26H43N7O7. The van der Waals surface area contributed by atoms with Crippen LogP contribution in [0.2, 0.25) is 0 Å². The standard InChI is InChI=1S/C26H43N7O7/c27-13-3-1-5-19(23(30)37)31-26(40)21(11-12-22(35)36)33-25(39)20(6-2-4-14-28)32-24(38)18(29)15-16-7-9-17(34)10-8-16/h7-10,18-21,34H,1-6,11-15,27-29H2,(H2,30,37)(H,31,40)(H,32,38)(H,33,39)(H,35,36)/t18-,19-,20-,21-/m1/s1. The number of aliphatic carboxylic acids is 1. The third-order valence-corrected chi connectivity index (χ3v) is 6.20. The van der Waals surface area contributed by atoms with Crippen LogP contribution in [0.5, 0.6) is 5.75 Å². The Kier molecular flexibility index (Phi) is 15.9. The number of unbranched alkanes of at least 4 members (excludes halogenated alkanes) is 2. The van der Waals surface area contributed by atoms with Gasteiger partial charge in [-0.1, -0.05) is 12.1 Å². The summed E-state index contributed by atoms with van der Waals surface area (Å²) in [4.78, 5) is 62.1. The van der Waals surface area contributed by atoms with Crippen molar-refractivity contribution in [2.75, 3.05) is 13.1 Å². The second kappa shape index (κ2) is 18.5. The van der Waals surface area contributed by atoms with Crippen molar-refractivity contribution in [3.8, 4) is 5.75 Å². The van der Waals surface area contributed by atoms with E-state index in [1.165, 1.54) is 12.1 Å². The number of primary amides is 1. The van der Waals surface area contributed by atoms with E-state index in [-0.39, 0.29) is 31.4 Å². The highest BCUT2D eigenvalue weighted by molar-refractivity contribution is 5.94. The van der Waals surface area contributed by atoms with Crippen LogP contribution in [0.25, 0.3) is 0 Å². The Morgan fingerprint density at radius 2 is 1.20 bits per heavy atom. The number of carbonyl (C=O) groups excluding carboxylic acids is 4. The molecular weight excluding hydrogens is 522 g/mol. The molecule has 0 heterocycles. The number of nitrogens with two attached hydrogens (primary N) is 4. The smallest absolute Gasteiger partial charge is 0.303 e. The number of aromatic hydroxyl groups is 1. The summed E-state index contributed by atoms with van der Waals surface area (Å²) in [6.07, 6.45) is 2.06. The van der Waals surface area contributed by atoms with E-state index >= 15 is 0 Å². The first kappa shape index (κ1) is 34.3. The molecule has 13 N–H and O–H groups in total. The molecule has 0 unspecified atom stereocenters. The molecule has 0 saturated heterocycles. The van der Waals surface area contributed by atoms with Crippen LogP contribution < -0.4 is 38.9 Å². The van der Waals surface area contributed by atoms with Gasteiger partial charge in [-0.25, -0.2) is 0 Å². The number of hydrogen-bond donors (Lipinski definition) is 9. The normalized spacial score (nSPS) is 13.9. The molecule has 1 rings (SSSR count). The van der Waals surface area contributed by atoms with Crippen molar-refractivity contribution in [3.63, 3.8) is 0 Å². The average Bonchev–Trinajstić information content (AvgIpc) is 2.90. The molecule has 4 atom stereocenters. The molecule has 0 radical (unpaired) electrons. The maximum absolute atomic E-state index is 13.2. The van der Waals surface area contributed by atoms with Gasteiger partial charge >= 0.3 is 5.97 Å². The highest BCUT2D eigenvalue weighted by atomic mass is 16.4. The summed E-state index contributed by atoms with van der Waals surface area (Å²) in [5.74, 6) is -4.00. The fourth-order valence-corrected chi connectivity index (χ4v) is 3.88. The molecule has 224 valence electrons. The lowest BCUT2D eigenvalue weighted by atomic mass is 10.0. The summed E-state index contributed by atoms with van der Waals surface area (Å²) in [6.45, 7) is 0.761. The molecule has 0 aliphatic rings. The summed E-state index contributed by atoms with van der Waals surface area (Å²) in [7, 11) is 0. The molecule has 40 heavy (non-hydrogen) atoms. The number of nitrogens with one attached hydrogen (secondary N) is 3. The fraction of sp³-hybridized carbons (Fsp3) is 0.577. The number of carboxylic acid groups (broad SMARTS) is 1. The summed E-state index contributed by atoms with van der Waals surface area (Å²) in [6, 6.07) is 1.75. The Morgan fingerprint density at radius 3 is 1.70 bits per heavy atom. The van der Waals surface area contributed by atoms with Gasteiger partial charge in [0.15, 0.2) is 0 Å². The van der Waals surface area contributed by atoms with Gasteiger partial charge in [-0.3, -0.25) is 24.0 Å². The number of phenolic OH excluding ortho intramolecular Hbond substituents is 1. The number of amides is 4. The van der Waals surface area contributed by atoms with E-state index in [1.54, 1.807) is 12.1 Å². The second-order valence-corrected chi connectivity index (χ2v) is 9.56. The van der Waals surface area contributed by atoms with Crippen LogP contribution in [0, 0.1) is 0 Å². The maximum Gasteiger partial charge on any atom is 0.303 e. The minimum Gasteiger partial charge on any atom is -0.508 e. The molecule has 1 aromatic rings. The Morgan fingerprint density at radius 1 is 0.725 bits per heavy atom. The predicted molar refractivity (Wildman–Crippen MR) is 147 cm³/mol. The topological polar surface area (TPSA) is 266 Å². The first-order valence-corrected chi connectivity index (χ1v) is 13.3. The van der Waals surface area contributed by atoms with Crippen LogP contribution in [0.3, 0.4) is 0 Å². The molecule has 1 aromatic carbocycles. The van der Waals surface area contributed by atoms with E-state index in [4.69, 9.17) is 28.0 Å². The van der Waals surface area contributed by atoms with E-state index in [0.29, 0.717) is 44.3 Å². The lowest BCUT2D eigenvalue weighted by Crippen LogP contribution is -2.57. The van der Waals surface area contributed by atoms with Gasteiger partial charge in [0.2, 0.25) is 23.6 Å². The number of carboxylic acids is 1. The number of rotatable bonds is 20. The van der Waals surface area contributed by atoms with Crippen LogP contribution in [0.1, 0.15) is 56.9 Å². The first-order chi connectivity index (χ1) is 19.0. The van der Waals surface area contributed by atoms with Crippen LogP contribution >= 0.6 is 0 Å². The molecule has 0 fully saturated rings. The Hall–Kier alpha value is -3.75. The Labute approximate surface area is 233 Å². The monoisotopic (exact) mass is 565 g/mol. The van der Waals surface area contributed by atoms with E-state index in [2.05, 4.69) is 16.0 Å². The number of phenols is 1. The van der Waals surface area contributed by atoms with Crippen LogP contribution in [-0.2, 0) is 30.4 Å². The van der Waals surface area contributed by atoms with Gasteiger partial charge < -0.3 is 49.1 Å². The quantitative estimate of drug-likeness (QED) is 0.0810. The van der Waals surface area contributed by atoms with Crippen LogP contribution in [-0.4, -0.2) is 77.1 Å². The van der Waals surface area contributed by atoms with Gasteiger partial charge in [0, 0.05) is 6.42 Å². The van der Waals surface area contributed by atoms with Crippen molar-refractivity contribution in [2.45, 2.75) is 82.0 Å². The van der Waals surface area contributed by atoms with Gasteiger partial charge in [0.05, 0.1) is 6.04 Å². The summed E-state index contributed by atoms with van der Waals surface area (Å²) >= 11 is 0. The Balaban J connectivity index is 2.99. The molecule has 0 saturated carbocycles. The van der Waals surface area contributed by atoms with E-state index in [9.17, 15) is 29.1 Å². The van der Waals surface area contributed by atoms with Crippen molar-refractivity contribution in [2.24, 2.45) is 22.9 Å². The van der Waals surface area contributed by atoms with Gasteiger partial charge in [-0.2, -0.15) is 0 Å². The van der Waals surface area contributed by atoms with Crippen LogP contribution in [0.15, 0.2) is 24.3 Å². The van der Waals surface area contributed by atoms with E-state index in [1.807, 2.05) is 0 Å². The molecule has 4 amide bonds. The van der Waals surface area contributed by atoms with Gasteiger partial charge in [0.1, 0.15) is 23.9 Å². The minimum absolute atomic E-state index is 0.0672. The largest absolute Gasteiger partial charge is 0.508 e. The van der Waals surface area contributed by atoms with E-state index < -0.39 is 60.2 Å². The van der Waals surface area contributed by atoms with Gasteiger partial charge in [-0.05, 0) is 82.2 Å². The maximum atomic E-state index is 13.2. The first-order valence-electron chi connectivity index (χ1n) is 13.3. The third-order valence-electron chi connectivity index (χ3n) is 6.20. The highest BCUT2D eigenvalue weighted by Crippen LogP contribution is 2.12. The van der Waals surface area contributed by atoms with Gasteiger partial charge in [0.25, 0.3) is 0 Å². The highest BCUT2D eigenvalue weighted by Gasteiger charge is 2.30. The predicted octanol–water partition coefficient (Wildman–Crippen LogP) is -1.68. The lowest BCUT2D eigenvalue weighted by Gasteiger charge is -2.25. The fourth-order valence-electron chi connectivity index (χ4n) is 3.88. The third kappa shape index (κ3) is 13.4. The second-order valence-electron chi connectivity index (χ2n) is 9.56. The number of benzene rings is 1. The van der Waals surface area contributed by atoms with Crippen molar-refractivity contribution < 1.29 is 34.2 Å². The van der Waals surface area contributed by atoms with Crippen molar-refractivity contribution in [1.29, 1.82) is 0 Å². The molecule has 14 nitrogen and oxygen atoms in total. The van der Waals surface area contributed by atoms with Gasteiger partial charge in [-0.15, -0.1) is 0 Å². The molecule has 0 spiro atoms. The van der Waals surface area contributed by atoms with Crippen molar-refractivity contribution >= 4 is 29.6 Å². The Bertz CT molecular complexity index is 975. The number of carbonyl (C=O) groups is 5. The average molecular weight is 566 g/mol. The zero-order valence-corrected chi connectivity index (χ0v) is 22.6. The molecule has 0 aromatic heterocycles. The summed E-state index contributed by atoms with van der Waals surface area (Å²) in [5, 5.41) is 26.2. The summed E-state index contributed by atoms with van der Waals surface area (Å²) in [5.41, 5.74) is 23.2. The molecule has 14 heteroatoms. The zero-order chi connectivity index (χ0) is 30.1. The molecule has 0 bridgehead atoms. The van der Waals surface area contributed by atoms with E-state index in [0.717, 1.165) is 0 Å². The van der Waals surface area contributed by atoms with Crippen molar-refractivity contribution in [3.05, 3.63) is 29.8 Å². The minimum atomic E-state index is -1.31.